The number of carbonyl (C=O) groups is 1. The molecule has 1 saturated carbocycles. The van der Waals surface area contributed by atoms with E-state index in [0.29, 0.717) is 11.6 Å². The Hall–Kier alpha value is -2.12. The average Bonchev–Trinajstić information content (AvgIpc) is 3.32. The first-order valence-electron chi connectivity index (χ1n) is 7.59. The Kier molecular flexibility index (Phi) is 5.80. The number of hydrogen-bond acceptors (Lipinski definition) is 2. The Morgan fingerprint density at radius 1 is 1.29 bits per heavy atom. The number of amides is 1. The summed E-state index contributed by atoms with van der Waals surface area (Å²) in [6.45, 7) is 3.68. The quantitative estimate of drug-likeness (QED) is 0.656. The van der Waals surface area contributed by atoms with Gasteiger partial charge in [0.05, 0.1) is 5.69 Å². The van der Waals surface area contributed by atoms with E-state index < -0.39 is 24.2 Å². The topological polar surface area (TPSA) is 46.4 Å². The van der Waals surface area contributed by atoms with Crippen LogP contribution in [0, 0.1) is 12.8 Å². The monoisotopic (exact) mass is 345 g/mol. The smallest absolute Gasteiger partial charge is 0.280 e. The van der Waals surface area contributed by atoms with Crippen LogP contribution in [-0.2, 0) is 4.79 Å². The zero-order valence-electron chi connectivity index (χ0n) is 13.3. The van der Waals surface area contributed by atoms with Crippen molar-refractivity contribution >= 4 is 12.1 Å². The van der Waals surface area contributed by atoms with Crippen LogP contribution in [0.25, 0.3) is 5.65 Å². The molecule has 1 aliphatic rings. The number of rotatable bonds is 5. The van der Waals surface area contributed by atoms with E-state index in [-0.39, 0.29) is 5.65 Å². The lowest BCUT2D eigenvalue weighted by atomic mass is 10.2. The van der Waals surface area contributed by atoms with Gasteiger partial charge in [-0.2, -0.15) is 0 Å². The maximum absolute atomic E-state index is 12.7. The van der Waals surface area contributed by atoms with E-state index in [1.54, 1.807) is 13.0 Å². The summed E-state index contributed by atoms with van der Waals surface area (Å²) >= 11 is 0. The van der Waals surface area contributed by atoms with Crippen LogP contribution < -0.4 is 5.32 Å². The van der Waals surface area contributed by atoms with Crippen LogP contribution in [0.3, 0.4) is 0 Å². The summed E-state index contributed by atoms with van der Waals surface area (Å²) in [4.78, 5) is 13.5. The molecule has 4 nitrogen and oxygen atoms in total. The zero-order chi connectivity index (χ0) is 17.9. The Balaban J connectivity index is 0.000000219. The molecule has 1 aliphatic carbocycles. The first-order chi connectivity index (χ1) is 11.3. The summed E-state index contributed by atoms with van der Waals surface area (Å²) < 4.78 is 51.4. The van der Waals surface area contributed by atoms with Crippen molar-refractivity contribution in [3.63, 3.8) is 0 Å². The molecule has 0 aromatic carbocycles. The minimum Gasteiger partial charge on any atom is -0.356 e. The summed E-state index contributed by atoms with van der Waals surface area (Å²) in [5.74, 6) is 0.778. The fourth-order valence-electron chi connectivity index (χ4n) is 2.37. The number of fused-ring (bicyclic) bond motifs is 1. The molecular weight excluding hydrogens is 326 g/mol. The molecule has 8 heteroatoms. The number of aromatic nitrogens is 2. The molecule has 0 aliphatic heterocycles. The molecule has 2 aromatic heterocycles. The van der Waals surface area contributed by atoms with Gasteiger partial charge in [-0.1, -0.05) is 0 Å². The molecular formula is C16H19F4N3O. The predicted octanol–water partition coefficient (Wildman–Crippen LogP) is 4.05. The molecule has 1 unspecified atom stereocenters. The van der Waals surface area contributed by atoms with E-state index >= 15 is 0 Å². The molecule has 132 valence electrons. The normalized spacial score (nSPS) is 15.3. The van der Waals surface area contributed by atoms with Crippen LogP contribution in [-0.4, -0.2) is 21.8 Å². The zero-order valence-corrected chi connectivity index (χ0v) is 13.3. The second kappa shape index (κ2) is 7.63. The third kappa shape index (κ3) is 4.24. The Morgan fingerprint density at radius 3 is 2.46 bits per heavy atom. The third-order valence-electron chi connectivity index (χ3n) is 3.97. The largest absolute Gasteiger partial charge is 0.356 e. The maximum atomic E-state index is 12.7. The Labute approximate surface area is 136 Å². The van der Waals surface area contributed by atoms with E-state index in [0.717, 1.165) is 22.8 Å². The molecule has 0 spiro atoms. The number of alkyl halides is 4. The molecule has 2 aromatic rings. The van der Waals surface area contributed by atoms with Gasteiger partial charge in [0.1, 0.15) is 11.3 Å². The second-order valence-corrected chi connectivity index (χ2v) is 5.81. The van der Waals surface area contributed by atoms with Gasteiger partial charge in [0.2, 0.25) is 6.41 Å². The van der Waals surface area contributed by atoms with Crippen molar-refractivity contribution in [2.24, 2.45) is 5.92 Å². The standard InChI is InChI=1S/C10H8F4N2.C6H11NO/c1-5-2-3-16-7(9(13)14)4-6(8(11)12)15-10(5)16;1-5(7-4-8)6-2-3-6/h2-4,8-9H,1H3;4-6H,2-3H2,1H3,(H,7,8). The number of nitrogens with one attached hydrogen (secondary N) is 1. The maximum Gasteiger partial charge on any atom is 0.280 e. The molecule has 1 atom stereocenters. The second-order valence-electron chi connectivity index (χ2n) is 5.81. The van der Waals surface area contributed by atoms with Crippen molar-refractivity contribution in [1.82, 2.24) is 14.7 Å². The van der Waals surface area contributed by atoms with Crippen LogP contribution >= 0.6 is 0 Å². The fraction of sp³-hybridized carbons (Fsp3) is 0.500. The number of hydrogen-bond donors (Lipinski definition) is 1. The van der Waals surface area contributed by atoms with E-state index in [9.17, 15) is 22.4 Å². The summed E-state index contributed by atoms with van der Waals surface area (Å²) in [5, 5.41) is 2.73. The third-order valence-corrected chi connectivity index (χ3v) is 3.97. The molecule has 1 N–H and O–H groups in total. The lowest BCUT2D eigenvalue weighted by Crippen LogP contribution is -2.25. The van der Waals surface area contributed by atoms with E-state index in [4.69, 9.17) is 0 Å². The van der Waals surface area contributed by atoms with Crippen molar-refractivity contribution in [2.75, 3.05) is 0 Å². The molecule has 0 bridgehead atoms. The van der Waals surface area contributed by atoms with Gasteiger partial charge in [-0.25, -0.2) is 22.5 Å². The van der Waals surface area contributed by atoms with Crippen molar-refractivity contribution in [3.8, 4) is 0 Å². The highest BCUT2D eigenvalue weighted by atomic mass is 19.3. The van der Waals surface area contributed by atoms with Gasteiger partial charge in [0.25, 0.3) is 12.9 Å². The van der Waals surface area contributed by atoms with Crippen LogP contribution in [0.1, 0.15) is 49.6 Å². The summed E-state index contributed by atoms with van der Waals surface area (Å²) in [6, 6.07) is 2.71. The minimum absolute atomic E-state index is 0.146. The number of carbonyl (C=O) groups excluding carboxylic acids is 1. The Morgan fingerprint density at radius 2 is 1.96 bits per heavy atom. The predicted molar refractivity (Wildman–Crippen MR) is 81.2 cm³/mol. The molecule has 24 heavy (non-hydrogen) atoms. The number of nitrogens with zero attached hydrogens (tertiary/aromatic N) is 2. The summed E-state index contributed by atoms with van der Waals surface area (Å²) in [5.41, 5.74) is -0.351. The first kappa shape index (κ1) is 18.2. The molecule has 1 fully saturated rings. The van der Waals surface area contributed by atoms with Crippen molar-refractivity contribution in [3.05, 3.63) is 35.3 Å². The highest BCUT2D eigenvalue weighted by Crippen LogP contribution is 2.31. The van der Waals surface area contributed by atoms with Gasteiger partial charge in [0, 0.05) is 12.2 Å². The molecule has 0 saturated heterocycles. The molecule has 2 heterocycles. The van der Waals surface area contributed by atoms with E-state index in [1.807, 2.05) is 6.92 Å². The van der Waals surface area contributed by atoms with E-state index in [1.165, 1.54) is 19.0 Å². The van der Waals surface area contributed by atoms with Crippen LogP contribution in [0.5, 0.6) is 0 Å². The lowest BCUT2D eigenvalue weighted by molar-refractivity contribution is -0.110. The first-order valence-corrected chi connectivity index (χ1v) is 7.59. The van der Waals surface area contributed by atoms with E-state index in [2.05, 4.69) is 10.3 Å². The van der Waals surface area contributed by atoms with Gasteiger partial charge in [-0.3, -0.25) is 9.20 Å². The fourth-order valence-corrected chi connectivity index (χ4v) is 2.37. The van der Waals surface area contributed by atoms with Crippen molar-refractivity contribution < 1.29 is 22.4 Å². The van der Waals surface area contributed by atoms with Crippen LogP contribution in [0.2, 0.25) is 0 Å². The minimum atomic E-state index is -2.85. The van der Waals surface area contributed by atoms with Gasteiger partial charge in [-0.05, 0) is 50.3 Å². The SMILES string of the molecule is CC(NC=O)C1CC1.Cc1ccn2c(C(F)F)cc(C(F)F)nc12. The van der Waals surface area contributed by atoms with Gasteiger partial charge in [0.15, 0.2) is 0 Å². The average molecular weight is 345 g/mol. The van der Waals surface area contributed by atoms with Gasteiger partial charge < -0.3 is 5.32 Å². The van der Waals surface area contributed by atoms with Crippen molar-refractivity contribution in [2.45, 2.75) is 45.6 Å². The van der Waals surface area contributed by atoms with Crippen molar-refractivity contribution in [1.29, 1.82) is 0 Å². The molecule has 1 amide bonds. The number of aryl methyl sites for hydroxylation is 1. The highest BCUT2D eigenvalue weighted by molar-refractivity contribution is 5.50. The van der Waals surface area contributed by atoms with Crippen LogP contribution in [0.15, 0.2) is 18.3 Å². The van der Waals surface area contributed by atoms with Gasteiger partial charge in [-0.15, -0.1) is 0 Å². The summed E-state index contributed by atoms with van der Waals surface area (Å²) in [7, 11) is 0. The lowest BCUT2D eigenvalue weighted by Gasteiger charge is -2.08. The van der Waals surface area contributed by atoms with Crippen LogP contribution in [0.4, 0.5) is 17.6 Å². The Bertz CT molecular complexity index is 698. The summed E-state index contributed by atoms with van der Waals surface area (Å²) in [6.07, 6.45) is -0.895. The highest BCUT2D eigenvalue weighted by Gasteiger charge is 2.27. The molecule has 0 radical (unpaired) electrons. The molecule has 3 rings (SSSR count). The number of halogens is 4. The van der Waals surface area contributed by atoms with Gasteiger partial charge >= 0.3 is 0 Å².